The van der Waals surface area contributed by atoms with E-state index in [2.05, 4.69) is 16.9 Å². The zero-order valence-electron chi connectivity index (χ0n) is 11.2. The molecule has 2 rings (SSSR count). The van der Waals surface area contributed by atoms with E-state index >= 15 is 0 Å². The molecule has 0 aliphatic heterocycles. The van der Waals surface area contributed by atoms with Gasteiger partial charge in [0.05, 0.1) is 0 Å². The van der Waals surface area contributed by atoms with Gasteiger partial charge in [-0.3, -0.25) is 0 Å². The van der Waals surface area contributed by atoms with Crippen molar-refractivity contribution in [1.29, 1.82) is 0 Å². The summed E-state index contributed by atoms with van der Waals surface area (Å²) in [6.45, 7) is 0. The summed E-state index contributed by atoms with van der Waals surface area (Å²) in [6, 6.07) is 7.34. The Kier molecular flexibility index (Phi) is 4.96. The van der Waals surface area contributed by atoms with E-state index in [4.69, 9.17) is 5.73 Å². The number of anilines is 2. The number of thioether (sulfide) groups is 1. The Hall–Kier alpha value is -1.36. The molecule has 1 aliphatic carbocycles. The maximum Gasteiger partial charge on any atom is 0.319 e. The summed E-state index contributed by atoms with van der Waals surface area (Å²) in [4.78, 5) is 11.9. The third kappa shape index (κ3) is 4.35. The molecular weight excluding hydrogens is 258 g/mol. The molecular formula is C14H21N3OS. The number of hydrogen-bond acceptors (Lipinski definition) is 3. The highest BCUT2D eigenvalue weighted by atomic mass is 32.2. The maximum atomic E-state index is 11.9. The number of amides is 2. The van der Waals surface area contributed by atoms with E-state index in [9.17, 15) is 4.79 Å². The van der Waals surface area contributed by atoms with Gasteiger partial charge < -0.3 is 16.4 Å². The summed E-state index contributed by atoms with van der Waals surface area (Å²) < 4.78 is 0. The zero-order valence-corrected chi connectivity index (χ0v) is 12.0. The Morgan fingerprint density at radius 1 is 1.21 bits per heavy atom. The molecule has 104 valence electrons. The van der Waals surface area contributed by atoms with Crippen molar-refractivity contribution in [3.8, 4) is 0 Å². The molecule has 5 heteroatoms. The van der Waals surface area contributed by atoms with Crippen LogP contribution < -0.4 is 16.4 Å². The van der Waals surface area contributed by atoms with E-state index in [0.717, 1.165) is 23.8 Å². The maximum absolute atomic E-state index is 11.9. The minimum Gasteiger partial charge on any atom is -0.399 e. The largest absolute Gasteiger partial charge is 0.399 e. The van der Waals surface area contributed by atoms with Crippen LogP contribution in [0.2, 0.25) is 0 Å². The van der Waals surface area contributed by atoms with E-state index in [1.165, 1.54) is 12.8 Å². The summed E-state index contributed by atoms with van der Waals surface area (Å²) >= 11 is 1.93. The number of carbonyl (C=O) groups is 1. The fourth-order valence-electron chi connectivity index (χ4n) is 2.36. The Morgan fingerprint density at radius 2 is 1.84 bits per heavy atom. The summed E-state index contributed by atoms with van der Waals surface area (Å²) in [7, 11) is 0. The van der Waals surface area contributed by atoms with Crippen LogP contribution in [0.1, 0.15) is 25.7 Å². The van der Waals surface area contributed by atoms with Gasteiger partial charge in [-0.1, -0.05) is 0 Å². The highest BCUT2D eigenvalue weighted by Crippen LogP contribution is 2.26. The van der Waals surface area contributed by atoms with Crippen LogP contribution in [0.5, 0.6) is 0 Å². The molecule has 2 amide bonds. The fourth-order valence-corrected chi connectivity index (χ4v) is 3.11. The van der Waals surface area contributed by atoms with Gasteiger partial charge in [0.1, 0.15) is 0 Å². The van der Waals surface area contributed by atoms with Crippen LogP contribution in [0.15, 0.2) is 24.3 Å². The molecule has 1 aromatic carbocycles. The number of hydrogen-bond donors (Lipinski definition) is 3. The van der Waals surface area contributed by atoms with Crippen molar-refractivity contribution in [3.63, 3.8) is 0 Å². The average molecular weight is 279 g/mol. The molecule has 0 heterocycles. The van der Waals surface area contributed by atoms with Gasteiger partial charge >= 0.3 is 6.03 Å². The van der Waals surface area contributed by atoms with Gasteiger partial charge in [0.2, 0.25) is 0 Å². The highest BCUT2D eigenvalue weighted by Gasteiger charge is 2.21. The summed E-state index contributed by atoms with van der Waals surface area (Å²) in [5.41, 5.74) is 7.07. The van der Waals surface area contributed by atoms with Crippen LogP contribution >= 0.6 is 11.8 Å². The number of benzene rings is 1. The molecule has 19 heavy (non-hydrogen) atoms. The van der Waals surface area contributed by atoms with Crippen LogP contribution in [0.3, 0.4) is 0 Å². The number of urea groups is 1. The van der Waals surface area contributed by atoms with Crippen molar-refractivity contribution in [3.05, 3.63) is 24.3 Å². The van der Waals surface area contributed by atoms with Crippen molar-refractivity contribution in [2.45, 2.75) is 37.0 Å². The molecule has 1 saturated carbocycles. The van der Waals surface area contributed by atoms with Crippen molar-refractivity contribution < 1.29 is 4.79 Å². The minimum absolute atomic E-state index is 0.127. The van der Waals surface area contributed by atoms with E-state index in [0.29, 0.717) is 11.7 Å². The summed E-state index contributed by atoms with van der Waals surface area (Å²) in [5.74, 6) is 0. The third-order valence-corrected chi connectivity index (χ3v) is 4.65. The molecule has 0 radical (unpaired) electrons. The molecule has 1 aromatic rings. The van der Waals surface area contributed by atoms with Crippen LogP contribution in [-0.4, -0.2) is 23.6 Å². The molecule has 1 fully saturated rings. The van der Waals surface area contributed by atoms with Gasteiger partial charge in [-0.05, 0) is 56.2 Å². The van der Waals surface area contributed by atoms with Gasteiger partial charge in [0, 0.05) is 22.7 Å². The minimum atomic E-state index is -0.127. The molecule has 0 saturated heterocycles. The lowest BCUT2D eigenvalue weighted by molar-refractivity contribution is 0.244. The summed E-state index contributed by atoms with van der Waals surface area (Å²) in [6.07, 6.45) is 6.68. The van der Waals surface area contributed by atoms with Gasteiger partial charge in [-0.15, -0.1) is 0 Å². The topological polar surface area (TPSA) is 67.2 Å². The Morgan fingerprint density at radius 3 is 2.42 bits per heavy atom. The van der Waals surface area contributed by atoms with Gasteiger partial charge in [-0.2, -0.15) is 11.8 Å². The van der Waals surface area contributed by atoms with E-state index < -0.39 is 0 Å². The Labute approximate surface area is 118 Å². The third-order valence-electron chi connectivity index (χ3n) is 3.51. The average Bonchev–Trinajstić information content (AvgIpc) is 2.42. The molecule has 0 atom stereocenters. The SMILES string of the molecule is CSC1CCC(NC(=O)Nc2ccc(N)cc2)CC1. The van der Waals surface area contributed by atoms with Crippen molar-refractivity contribution in [1.82, 2.24) is 5.32 Å². The smallest absolute Gasteiger partial charge is 0.319 e. The predicted molar refractivity (Wildman–Crippen MR) is 82.6 cm³/mol. The summed E-state index contributed by atoms with van der Waals surface area (Å²) in [5, 5.41) is 6.63. The second kappa shape index (κ2) is 6.70. The van der Waals surface area contributed by atoms with Crippen LogP contribution in [-0.2, 0) is 0 Å². The quantitative estimate of drug-likeness (QED) is 0.745. The van der Waals surface area contributed by atoms with E-state index in [1.807, 2.05) is 11.8 Å². The lowest BCUT2D eigenvalue weighted by Gasteiger charge is -2.28. The molecule has 4 N–H and O–H groups in total. The monoisotopic (exact) mass is 279 g/mol. The predicted octanol–water partition coefficient (Wildman–Crippen LogP) is 3.06. The molecule has 0 aromatic heterocycles. The van der Waals surface area contributed by atoms with E-state index in [1.54, 1.807) is 24.3 Å². The highest BCUT2D eigenvalue weighted by molar-refractivity contribution is 7.99. The van der Waals surface area contributed by atoms with Crippen molar-refractivity contribution >= 4 is 29.2 Å². The van der Waals surface area contributed by atoms with Gasteiger partial charge in [0.15, 0.2) is 0 Å². The number of nitrogen functional groups attached to an aromatic ring is 1. The van der Waals surface area contributed by atoms with Crippen LogP contribution in [0.25, 0.3) is 0 Å². The number of carbonyl (C=O) groups excluding carboxylic acids is 1. The van der Waals surface area contributed by atoms with Crippen LogP contribution in [0, 0.1) is 0 Å². The number of rotatable bonds is 3. The lowest BCUT2D eigenvalue weighted by atomic mass is 9.95. The van der Waals surface area contributed by atoms with Crippen molar-refractivity contribution in [2.75, 3.05) is 17.3 Å². The Balaban J connectivity index is 1.77. The Bertz CT molecular complexity index is 413. The molecule has 4 nitrogen and oxygen atoms in total. The first kappa shape index (κ1) is 14.1. The van der Waals surface area contributed by atoms with E-state index in [-0.39, 0.29) is 6.03 Å². The fraction of sp³-hybridized carbons (Fsp3) is 0.500. The van der Waals surface area contributed by atoms with Crippen LogP contribution in [0.4, 0.5) is 16.2 Å². The molecule has 0 spiro atoms. The van der Waals surface area contributed by atoms with Gasteiger partial charge in [-0.25, -0.2) is 4.79 Å². The first-order valence-electron chi connectivity index (χ1n) is 6.63. The standard InChI is InChI=1S/C14H21N3OS/c1-19-13-8-6-12(7-9-13)17-14(18)16-11-4-2-10(15)3-5-11/h2-5,12-13H,6-9,15H2,1H3,(H2,16,17,18). The van der Waals surface area contributed by atoms with Crippen molar-refractivity contribution in [2.24, 2.45) is 0 Å². The number of nitrogens with one attached hydrogen (secondary N) is 2. The lowest BCUT2D eigenvalue weighted by Crippen LogP contribution is -2.40. The number of nitrogens with two attached hydrogens (primary N) is 1. The normalized spacial score (nSPS) is 22.8. The second-order valence-electron chi connectivity index (χ2n) is 4.93. The first-order valence-corrected chi connectivity index (χ1v) is 7.92. The van der Waals surface area contributed by atoms with Gasteiger partial charge in [0.25, 0.3) is 0 Å². The molecule has 1 aliphatic rings. The zero-order chi connectivity index (χ0) is 13.7. The first-order chi connectivity index (χ1) is 9.17. The second-order valence-corrected chi connectivity index (χ2v) is 6.07. The molecule has 0 bridgehead atoms. The molecule has 0 unspecified atom stereocenters.